The number of aromatic amines is 1. The summed E-state index contributed by atoms with van der Waals surface area (Å²) >= 11 is 6.14. The number of H-pyrrole nitrogens is 1. The number of aromatic nitrogens is 2. The highest BCUT2D eigenvalue weighted by atomic mass is 35.5. The smallest absolute Gasteiger partial charge is 0.116 e. The van der Waals surface area contributed by atoms with Gasteiger partial charge in [-0.3, -0.25) is 5.10 Å². The SMILES string of the molecule is Oc1ccc2[nH]nc(-c3ccccc3Cl)c2c1. The third-order valence-electron chi connectivity index (χ3n) is 2.68. The highest BCUT2D eigenvalue weighted by Crippen LogP contribution is 2.32. The molecule has 0 saturated carbocycles. The summed E-state index contributed by atoms with van der Waals surface area (Å²) in [5.41, 5.74) is 2.48. The third-order valence-corrected chi connectivity index (χ3v) is 3.00. The molecule has 0 bridgehead atoms. The van der Waals surface area contributed by atoms with Crippen LogP contribution in [0.15, 0.2) is 42.5 Å². The number of benzene rings is 2. The van der Waals surface area contributed by atoms with Gasteiger partial charge in [0.15, 0.2) is 0 Å². The van der Waals surface area contributed by atoms with Crippen LogP contribution in [0.4, 0.5) is 0 Å². The number of aromatic hydroxyl groups is 1. The zero-order valence-electron chi connectivity index (χ0n) is 8.81. The van der Waals surface area contributed by atoms with Crippen LogP contribution in [0.2, 0.25) is 5.02 Å². The molecule has 2 aromatic carbocycles. The monoisotopic (exact) mass is 244 g/mol. The summed E-state index contributed by atoms with van der Waals surface area (Å²) in [6, 6.07) is 12.6. The minimum absolute atomic E-state index is 0.215. The lowest BCUT2D eigenvalue weighted by atomic mass is 10.1. The number of fused-ring (bicyclic) bond motifs is 1. The van der Waals surface area contributed by atoms with Crippen molar-refractivity contribution < 1.29 is 5.11 Å². The van der Waals surface area contributed by atoms with Gasteiger partial charge in [0, 0.05) is 10.9 Å². The number of rotatable bonds is 1. The first-order valence-corrected chi connectivity index (χ1v) is 5.55. The van der Waals surface area contributed by atoms with E-state index in [4.69, 9.17) is 11.6 Å². The van der Waals surface area contributed by atoms with E-state index in [-0.39, 0.29) is 5.75 Å². The first kappa shape index (κ1) is 10.2. The number of nitrogens with zero attached hydrogens (tertiary/aromatic N) is 1. The van der Waals surface area contributed by atoms with Crippen LogP contribution in [-0.4, -0.2) is 15.3 Å². The van der Waals surface area contributed by atoms with Crippen molar-refractivity contribution in [3.05, 3.63) is 47.5 Å². The van der Waals surface area contributed by atoms with Crippen molar-refractivity contribution in [2.45, 2.75) is 0 Å². The summed E-state index contributed by atoms with van der Waals surface area (Å²) in [6.45, 7) is 0. The molecule has 1 aromatic heterocycles. The van der Waals surface area contributed by atoms with Gasteiger partial charge in [-0.05, 0) is 24.3 Å². The van der Waals surface area contributed by atoms with Gasteiger partial charge in [0.25, 0.3) is 0 Å². The molecule has 0 spiro atoms. The van der Waals surface area contributed by atoms with Crippen LogP contribution in [0.1, 0.15) is 0 Å². The Hall–Kier alpha value is -2.00. The number of nitrogens with one attached hydrogen (secondary N) is 1. The molecule has 1 heterocycles. The number of hydrogen-bond donors (Lipinski definition) is 2. The van der Waals surface area contributed by atoms with E-state index in [2.05, 4.69) is 10.2 Å². The number of phenols is 1. The largest absolute Gasteiger partial charge is 0.508 e. The molecule has 0 fully saturated rings. The molecule has 17 heavy (non-hydrogen) atoms. The molecule has 84 valence electrons. The molecule has 0 aliphatic rings. The second-order valence-electron chi connectivity index (χ2n) is 3.78. The lowest BCUT2D eigenvalue weighted by Gasteiger charge is -2.00. The lowest BCUT2D eigenvalue weighted by Crippen LogP contribution is -1.80. The summed E-state index contributed by atoms with van der Waals surface area (Å²) in [5.74, 6) is 0.215. The molecule has 0 amide bonds. The topological polar surface area (TPSA) is 48.9 Å². The zero-order valence-corrected chi connectivity index (χ0v) is 9.57. The number of hydrogen-bond acceptors (Lipinski definition) is 2. The Balaban J connectivity index is 2.31. The van der Waals surface area contributed by atoms with Crippen molar-refractivity contribution in [1.82, 2.24) is 10.2 Å². The maximum Gasteiger partial charge on any atom is 0.116 e. The van der Waals surface area contributed by atoms with Gasteiger partial charge < -0.3 is 5.11 Å². The molecule has 0 unspecified atom stereocenters. The van der Waals surface area contributed by atoms with Gasteiger partial charge in [0.2, 0.25) is 0 Å². The van der Waals surface area contributed by atoms with Crippen molar-refractivity contribution in [3.8, 4) is 17.0 Å². The molecule has 3 nitrogen and oxygen atoms in total. The fourth-order valence-electron chi connectivity index (χ4n) is 1.86. The van der Waals surface area contributed by atoms with E-state index in [1.807, 2.05) is 24.3 Å². The average Bonchev–Trinajstić information content (AvgIpc) is 2.72. The molecular formula is C13H9ClN2O. The van der Waals surface area contributed by atoms with E-state index in [9.17, 15) is 5.11 Å². The highest BCUT2D eigenvalue weighted by molar-refractivity contribution is 6.33. The molecule has 0 radical (unpaired) electrons. The summed E-state index contributed by atoms with van der Waals surface area (Å²) in [4.78, 5) is 0. The fraction of sp³-hybridized carbons (Fsp3) is 0. The first-order valence-electron chi connectivity index (χ1n) is 5.18. The van der Waals surface area contributed by atoms with Gasteiger partial charge in [0.1, 0.15) is 11.4 Å². The first-order chi connectivity index (χ1) is 8.25. The van der Waals surface area contributed by atoms with E-state index < -0.39 is 0 Å². The van der Waals surface area contributed by atoms with Gasteiger partial charge in [0.05, 0.1) is 10.5 Å². The molecule has 2 N–H and O–H groups in total. The molecule has 3 rings (SSSR count). The van der Waals surface area contributed by atoms with Crippen LogP contribution in [0.25, 0.3) is 22.2 Å². The summed E-state index contributed by atoms with van der Waals surface area (Å²) in [7, 11) is 0. The van der Waals surface area contributed by atoms with E-state index in [0.29, 0.717) is 5.02 Å². The van der Waals surface area contributed by atoms with Gasteiger partial charge in [-0.25, -0.2) is 0 Å². The normalized spacial score (nSPS) is 10.9. The molecular weight excluding hydrogens is 236 g/mol. The van der Waals surface area contributed by atoms with Crippen molar-refractivity contribution in [3.63, 3.8) is 0 Å². The molecule has 0 aliphatic heterocycles. The summed E-state index contributed by atoms with van der Waals surface area (Å²) < 4.78 is 0. The summed E-state index contributed by atoms with van der Waals surface area (Å²) in [6.07, 6.45) is 0. The quantitative estimate of drug-likeness (QED) is 0.687. The Labute approximate surface area is 103 Å². The number of halogens is 1. The Morgan fingerprint density at radius 2 is 1.94 bits per heavy atom. The van der Waals surface area contributed by atoms with Crippen LogP contribution in [0.3, 0.4) is 0 Å². The van der Waals surface area contributed by atoms with Crippen LogP contribution in [-0.2, 0) is 0 Å². The Morgan fingerprint density at radius 3 is 2.76 bits per heavy atom. The molecule has 3 aromatic rings. The average molecular weight is 245 g/mol. The number of phenolic OH excluding ortho intramolecular Hbond substituents is 1. The molecule has 0 aliphatic carbocycles. The van der Waals surface area contributed by atoms with E-state index in [1.165, 1.54) is 0 Å². The van der Waals surface area contributed by atoms with Gasteiger partial charge in [-0.1, -0.05) is 29.8 Å². The second-order valence-corrected chi connectivity index (χ2v) is 4.19. The Kier molecular flexibility index (Phi) is 2.27. The Bertz CT molecular complexity index is 691. The zero-order chi connectivity index (χ0) is 11.8. The standard InChI is InChI=1S/C13H9ClN2O/c14-11-4-2-1-3-9(11)13-10-7-8(17)5-6-12(10)15-16-13/h1-7,17H,(H,15,16). The van der Waals surface area contributed by atoms with Crippen LogP contribution >= 0.6 is 11.6 Å². The lowest BCUT2D eigenvalue weighted by molar-refractivity contribution is 0.476. The van der Waals surface area contributed by atoms with Crippen LogP contribution < -0.4 is 0 Å². The predicted octanol–water partition coefficient (Wildman–Crippen LogP) is 3.59. The Morgan fingerprint density at radius 1 is 1.12 bits per heavy atom. The summed E-state index contributed by atoms with van der Waals surface area (Å²) in [5, 5.41) is 18.2. The van der Waals surface area contributed by atoms with Crippen LogP contribution in [0.5, 0.6) is 5.75 Å². The van der Waals surface area contributed by atoms with Crippen molar-refractivity contribution >= 4 is 22.5 Å². The van der Waals surface area contributed by atoms with E-state index >= 15 is 0 Å². The third kappa shape index (κ3) is 1.65. The van der Waals surface area contributed by atoms with E-state index in [0.717, 1.165) is 22.2 Å². The van der Waals surface area contributed by atoms with Crippen molar-refractivity contribution in [2.24, 2.45) is 0 Å². The van der Waals surface area contributed by atoms with Gasteiger partial charge in [-0.15, -0.1) is 0 Å². The maximum atomic E-state index is 9.51. The van der Waals surface area contributed by atoms with Gasteiger partial charge >= 0.3 is 0 Å². The highest BCUT2D eigenvalue weighted by Gasteiger charge is 2.11. The fourth-order valence-corrected chi connectivity index (χ4v) is 2.09. The minimum atomic E-state index is 0.215. The minimum Gasteiger partial charge on any atom is -0.508 e. The predicted molar refractivity (Wildman–Crippen MR) is 68.2 cm³/mol. The van der Waals surface area contributed by atoms with Gasteiger partial charge in [-0.2, -0.15) is 5.10 Å². The van der Waals surface area contributed by atoms with Crippen molar-refractivity contribution in [2.75, 3.05) is 0 Å². The van der Waals surface area contributed by atoms with Crippen molar-refractivity contribution in [1.29, 1.82) is 0 Å². The maximum absolute atomic E-state index is 9.51. The molecule has 0 saturated heterocycles. The molecule has 4 heteroatoms. The molecule has 0 atom stereocenters. The second kappa shape index (κ2) is 3.79. The van der Waals surface area contributed by atoms with E-state index in [1.54, 1.807) is 18.2 Å². The van der Waals surface area contributed by atoms with Crippen LogP contribution in [0, 0.1) is 0 Å².